The van der Waals surface area contributed by atoms with Crippen LogP contribution in [-0.2, 0) is 7.05 Å². The third kappa shape index (κ3) is 1.41. The third-order valence-corrected chi connectivity index (χ3v) is 2.18. The minimum atomic E-state index is -1.01. The van der Waals surface area contributed by atoms with Crippen molar-refractivity contribution >= 4 is 16.9 Å². The van der Waals surface area contributed by atoms with Gasteiger partial charge in [0.25, 0.3) is 0 Å². The van der Waals surface area contributed by atoms with E-state index in [0.717, 1.165) is 5.39 Å². The third-order valence-electron chi connectivity index (χ3n) is 2.18. The fourth-order valence-corrected chi connectivity index (χ4v) is 1.56. The highest BCUT2D eigenvalue weighted by molar-refractivity contribution is 5.98. The molecular formula is C10H10N2O3. The summed E-state index contributed by atoms with van der Waals surface area (Å²) in [6.07, 6.45) is 1.81. The van der Waals surface area contributed by atoms with Gasteiger partial charge in [-0.1, -0.05) is 6.07 Å². The van der Waals surface area contributed by atoms with Crippen LogP contribution in [0.2, 0.25) is 0 Å². The second kappa shape index (κ2) is 3.27. The molecule has 0 bridgehead atoms. The van der Waals surface area contributed by atoms with E-state index in [1.165, 1.54) is 13.2 Å². The molecule has 0 saturated heterocycles. The minimum absolute atomic E-state index is 0.128. The van der Waals surface area contributed by atoms with Gasteiger partial charge in [0, 0.05) is 18.6 Å². The molecule has 15 heavy (non-hydrogen) atoms. The molecule has 0 atom stereocenters. The maximum atomic E-state index is 10.9. The Morgan fingerprint density at radius 2 is 2.27 bits per heavy atom. The van der Waals surface area contributed by atoms with Crippen LogP contribution in [0.25, 0.3) is 10.9 Å². The van der Waals surface area contributed by atoms with E-state index in [2.05, 4.69) is 5.10 Å². The van der Waals surface area contributed by atoms with Crippen molar-refractivity contribution in [1.82, 2.24) is 9.78 Å². The molecule has 2 aromatic rings. The van der Waals surface area contributed by atoms with E-state index >= 15 is 0 Å². The number of benzene rings is 1. The van der Waals surface area contributed by atoms with Crippen LogP contribution in [0.15, 0.2) is 18.3 Å². The van der Waals surface area contributed by atoms with Crippen molar-refractivity contribution in [1.29, 1.82) is 0 Å². The van der Waals surface area contributed by atoms with E-state index in [9.17, 15) is 4.79 Å². The lowest BCUT2D eigenvalue weighted by molar-refractivity contribution is 0.0693. The van der Waals surface area contributed by atoms with Crippen LogP contribution in [0.1, 0.15) is 10.4 Å². The molecule has 78 valence electrons. The lowest BCUT2D eigenvalue weighted by Gasteiger charge is -2.04. The fraction of sp³-hybridized carbons (Fsp3) is 0.200. The largest absolute Gasteiger partial charge is 0.493 e. The number of aromatic carboxylic acids is 1. The minimum Gasteiger partial charge on any atom is -0.493 e. The summed E-state index contributed by atoms with van der Waals surface area (Å²) in [7, 11) is 3.22. The number of nitrogens with zero attached hydrogens (tertiary/aromatic N) is 2. The Morgan fingerprint density at radius 1 is 1.53 bits per heavy atom. The summed E-state index contributed by atoms with van der Waals surface area (Å²) < 4.78 is 6.70. The zero-order valence-electron chi connectivity index (χ0n) is 8.39. The quantitative estimate of drug-likeness (QED) is 0.803. The van der Waals surface area contributed by atoms with Crippen molar-refractivity contribution in [3.63, 3.8) is 0 Å². The van der Waals surface area contributed by atoms with Crippen LogP contribution in [0.3, 0.4) is 0 Å². The predicted molar refractivity (Wildman–Crippen MR) is 54.2 cm³/mol. The molecule has 0 unspecified atom stereocenters. The summed E-state index contributed by atoms with van der Waals surface area (Å²) in [6, 6.07) is 3.24. The number of methoxy groups -OCH3 is 1. The monoisotopic (exact) mass is 206 g/mol. The standard InChI is InChI=1S/C10H10N2O3/c1-12-5-6-3-4-7(10(13)14)9(15-2)8(6)11-12/h3-5H,1-2H3,(H,13,14). The molecule has 0 aliphatic rings. The molecule has 1 heterocycles. The Labute approximate surface area is 85.9 Å². The fourth-order valence-electron chi connectivity index (χ4n) is 1.56. The molecule has 2 rings (SSSR count). The number of aromatic nitrogens is 2. The molecule has 0 aliphatic heterocycles. The first-order chi connectivity index (χ1) is 7.13. The Morgan fingerprint density at radius 3 is 2.87 bits per heavy atom. The molecule has 1 aromatic heterocycles. The van der Waals surface area contributed by atoms with Gasteiger partial charge in [-0.25, -0.2) is 4.79 Å². The van der Waals surface area contributed by atoms with Crippen molar-refractivity contribution in [2.45, 2.75) is 0 Å². The number of aryl methyl sites for hydroxylation is 1. The van der Waals surface area contributed by atoms with Gasteiger partial charge in [0.1, 0.15) is 11.1 Å². The molecule has 5 nitrogen and oxygen atoms in total. The maximum absolute atomic E-state index is 10.9. The summed E-state index contributed by atoms with van der Waals surface area (Å²) in [6.45, 7) is 0. The van der Waals surface area contributed by atoms with Gasteiger partial charge >= 0.3 is 5.97 Å². The first-order valence-corrected chi connectivity index (χ1v) is 4.37. The van der Waals surface area contributed by atoms with Gasteiger partial charge in [-0.05, 0) is 6.07 Å². The zero-order chi connectivity index (χ0) is 11.0. The first kappa shape index (κ1) is 9.51. The maximum Gasteiger partial charge on any atom is 0.339 e. The van der Waals surface area contributed by atoms with Gasteiger partial charge in [0.15, 0.2) is 5.75 Å². The average molecular weight is 206 g/mol. The van der Waals surface area contributed by atoms with Crippen LogP contribution in [0, 0.1) is 0 Å². The van der Waals surface area contributed by atoms with E-state index in [0.29, 0.717) is 11.3 Å². The number of hydrogen-bond donors (Lipinski definition) is 1. The van der Waals surface area contributed by atoms with Gasteiger partial charge in [-0.15, -0.1) is 0 Å². The van der Waals surface area contributed by atoms with E-state index < -0.39 is 5.97 Å². The van der Waals surface area contributed by atoms with Crippen molar-refractivity contribution in [3.05, 3.63) is 23.9 Å². The van der Waals surface area contributed by atoms with Crippen LogP contribution in [0.5, 0.6) is 5.75 Å². The second-order valence-electron chi connectivity index (χ2n) is 3.19. The van der Waals surface area contributed by atoms with Crippen LogP contribution < -0.4 is 4.74 Å². The van der Waals surface area contributed by atoms with Gasteiger partial charge in [-0.2, -0.15) is 5.10 Å². The molecule has 0 amide bonds. The highest BCUT2D eigenvalue weighted by Crippen LogP contribution is 2.28. The Hall–Kier alpha value is -2.04. The normalized spacial score (nSPS) is 10.5. The number of hydrogen-bond acceptors (Lipinski definition) is 3. The Balaban J connectivity index is 2.80. The predicted octanol–water partition coefficient (Wildman–Crippen LogP) is 1.28. The smallest absolute Gasteiger partial charge is 0.339 e. The topological polar surface area (TPSA) is 64.3 Å². The van der Waals surface area contributed by atoms with E-state index in [1.807, 2.05) is 6.20 Å². The lowest BCUT2D eigenvalue weighted by atomic mass is 10.1. The van der Waals surface area contributed by atoms with Crippen LogP contribution in [0.4, 0.5) is 0 Å². The molecule has 1 N–H and O–H groups in total. The van der Waals surface area contributed by atoms with Gasteiger partial charge in [0.05, 0.1) is 7.11 Å². The molecule has 0 aliphatic carbocycles. The highest BCUT2D eigenvalue weighted by Gasteiger charge is 2.15. The van der Waals surface area contributed by atoms with E-state index in [1.54, 1.807) is 17.8 Å². The summed E-state index contributed by atoms with van der Waals surface area (Å²) in [4.78, 5) is 10.9. The zero-order valence-corrected chi connectivity index (χ0v) is 8.39. The van der Waals surface area contributed by atoms with Crippen molar-refractivity contribution in [2.24, 2.45) is 7.05 Å². The molecular weight excluding hydrogens is 196 g/mol. The van der Waals surface area contributed by atoms with Crippen LogP contribution >= 0.6 is 0 Å². The first-order valence-electron chi connectivity index (χ1n) is 4.37. The number of ether oxygens (including phenoxy) is 1. The van der Waals surface area contributed by atoms with Crippen molar-refractivity contribution < 1.29 is 14.6 Å². The van der Waals surface area contributed by atoms with E-state index in [-0.39, 0.29) is 5.56 Å². The number of carbonyl (C=O) groups is 1. The van der Waals surface area contributed by atoms with Crippen molar-refractivity contribution in [3.8, 4) is 5.75 Å². The van der Waals surface area contributed by atoms with Gasteiger partial charge in [0.2, 0.25) is 0 Å². The highest BCUT2D eigenvalue weighted by atomic mass is 16.5. The molecule has 0 fully saturated rings. The number of carboxylic acid groups (broad SMARTS) is 1. The molecule has 0 spiro atoms. The molecule has 0 saturated carbocycles. The van der Waals surface area contributed by atoms with Crippen LogP contribution in [-0.4, -0.2) is 28.0 Å². The Bertz CT molecular complexity index is 531. The van der Waals surface area contributed by atoms with Gasteiger partial charge < -0.3 is 9.84 Å². The SMILES string of the molecule is COc1c(C(=O)O)ccc2cn(C)nc12. The number of fused-ring (bicyclic) bond motifs is 1. The summed E-state index contributed by atoms with van der Waals surface area (Å²) >= 11 is 0. The summed E-state index contributed by atoms with van der Waals surface area (Å²) in [5.74, 6) is -0.708. The number of carboxylic acids is 1. The van der Waals surface area contributed by atoms with Gasteiger partial charge in [-0.3, -0.25) is 4.68 Å². The molecule has 0 radical (unpaired) electrons. The lowest BCUT2D eigenvalue weighted by Crippen LogP contribution is -2.00. The van der Waals surface area contributed by atoms with Crippen molar-refractivity contribution in [2.75, 3.05) is 7.11 Å². The Kier molecular flexibility index (Phi) is 2.07. The number of rotatable bonds is 2. The molecule has 5 heteroatoms. The average Bonchev–Trinajstić information content (AvgIpc) is 2.55. The summed E-state index contributed by atoms with van der Waals surface area (Å²) in [5.41, 5.74) is 0.698. The molecule has 1 aromatic carbocycles. The van der Waals surface area contributed by atoms with E-state index in [4.69, 9.17) is 9.84 Å². The summed E-state index contributed by atoms with van der Waals surface area (Å²) in [5, 5.41) is 14.0. The second-order valence-corrected chi connectivity index (χ2v) is 3.19.